The first-order valence-corrected chi connectivity index (χ1v) is 11.1. The molecular weight excluding hydrogens is 400 g/mol. The number of benzene rings is 1. The van der Waals surface area contributed by atoms with Gasteiger partial charge in [0.2, 0.25) is 5.91 Å². The molecule has 1 atom stereocenters. The number of fused-ring (bicyclic) bond motifs is 1. The van der Waals surface area contributed by atoms with Gasteiger partial charge in [-0.3, -0.25) is 9.78 Å². The normalized spacial score (nSPS) is 19.8. The number of thiazole rings is 1. The Bertz CT molecular complexity index is 1020. The third kappa shape index (κ3) is 4.08. The first-order chi connectivity index (χ1) is 14.8. The average molecular weight is 425 g/mol. The van der Waals surface area contributed by atoms with Crippen molar-refractivity contribution in [1.82, 2.24) is 15.0 Å². The molecule has 2 fully saturated rings. The third-order valence-corrected chi connectivity index (χ3v) is 6.67. The summed E-state index contributed by atoms with van der Waals surface area (Å²) in [5.74, 6) is 0.819. The highest BCUT2D eigenvalue weighted by atomic mass is 32.1. The lowest BCUT2D eigenvalue weighted by Crippen LogP contribution is -2.41. The molecule has 156 valence electrons. The predicted octanol–water partition coefficient (Wildman–Crippen LogP) is 2.78. The first-order valence-electron chi connectivity index (χ1n) is 10.3. The molecule has 1 unspecified atom stereocenters. The number of nitrogens with one attached hydrogen (secondary N) is 1. The number of aromatic nitrogens is 3. The molecule has 0 spiro atoms. The summed E-state index contributed by atoms with van der Waals surface area (Å²) in [5, 5.41) is 4.13. The Morgan fingerprint density at radius 3 is 2.90 bits per heavy atom. The van der Waals surface area contributed by atoms with Gasteiger partial charge in [0.1, 0.15) is 5.82 Å². The van der Waals surface area contributed by atoms with Crippen molar-refractivity contribution in [2.75, 3.05) is 54.5 Å². The summed E-state index contributed by atoms with van der Waals surface area (Å²) in [4.78, 5) is 30.6. The van der Waals surface area contributed by atoms with Crippen molar-refractivity contribution in [2.24, 2.45) is 5.92 Å². The standard InChI is InChI=1S/C21H24N6O2S/c28-20(15-2-1-7-27(14-15)19-13-22-5-6-23-19)24-16-3-4-17-18(12-16)30-21(25-17)26-8-10-29-11-9-26/h3-6,12-13,15H,1-2,7-11,14H2,(H,24,28). The van der Waals surface area contributed by atoms with Crippen LogP contribution in [0.2, 0.25) is 0 Å². The zero-order valence-electron chi connectivity index (χ0n) is 16.7. The van der Waals surface area contributed by atoms with Crippen molar-refractivity contribution in [2.45, 2.75) is 12.8 Å². The third-order valence-electron chi connectivity index (χ3n) is 5.59. The number of morpholine rings is 1. The van der Waals surface area contributed by atoms with Crippen molar-refractivity contribution in [1.29, 1.82) is 0 Å². The molecule has 3 aromatic rings. The summed E-state index contributed by atoms with van der Waals surface area (Å²) < 4.78 is 6.51. The molecule has 2 aliphatic heterocycles. The van der Waals surface area contributed by atoms with E-state index < -0.39 is 0 Å². The van der Waals surface area contributed by atoms with E-state index in [1.54, 1.807) is 29.9 Å². The van der Waals surface area contributed by atoms with E-state index in [-0.39, 0.29) is 11.8 Å². The Morgan fingerprint density at radius 2 is 2.07 bits per heavy atom. The number of nitrogens with zero attached hydrogens (tertiary/aromatic N) is 5. The second kappa shape index (κ2) is 8.53. The van der Waals surface area contributed by atoms with Crippen LogP contribution in [0.25, 0.3) is 10.2 Å². The van der Waals surface area contributed by atoms with Gasteiger partial charge in [0.15, 0.2) is 5.13 Å². The second-order valence-electron chi connectivity index (χ2n) is 7.62. The molecule has 1 aromatic carbocycles. The first kappa shape index (κ1) is 19.2. The summed E-state index contributed by atoms with van der Waals surface area (Å²) in [5.41, 5.74) is 1.78. The number of carbonyl (C=O) groups excluding carboxylic acids is 1. The number of hydrogen-bond donors (Lipinski definition) is 1. The van der Waals surface area contributed by atoms with Crippen LogP contribution in [-0.2, 0) is 9.53 Å². The van der Waals surface area contributed by atoms with Gasteiger partial charge in [-0.25, -0.2) is 9.97 Å². The maximum atomic E-state index is 12.9. The van der Waals surface area contributed by atoms with Crippen LogP contribution in [0.4, 0.5) is 16.6 Å². The fourth-order valence-electron chi connectivity index (χ4n) is 3.98. The fraction of sp³-hybridized carbons (Fsp3) is 0.429. The van der Waals surface area contributed by atoms with Crippen LogP contribution in [0, 0.1) is 5.92 Å². The van der Waals surface area contributed by atoms with E-state index in [2.05, 4.69) is 25.1 Å². The van der Waals surface area contributed by atoms with Crippen LogP contribution in [0.15, 0.2) is 36.8 Å². The minimum atomic E-state index is -0.0678. The molecule has 5 rings (SSSR count). The van der Waals surface area contributed by atoms with Crippen LogP contribution in [0.5, 0.6) is 0 Å². The van der Waals surface area contributed by atoms with Crippen LogP contribution in [0.3, 0.4) is 0 Å². The Hall–Kier alpha value is -2.78. The van der Waals surface area contributed by atoms with Gasteiger partial charge in [-0.15, -0.1) is 0 Å². The molecule has 4 heterocycles. The highest BCUT2D eigenvalue weighted by Gasteiger charge is 2.27. The molecule has 9 heteroatoms. The SMILES string of the molecule is O=C(Nc1ccc2nc(N3CCOCC3)sc2c1)C1CCCN(c2cnccn2)C1. The minimum absolute atomic E-state index is 0.0564. The summed E-state index contributed by atoms with van der Waals surface area (Å²) in [6.07, 6.45) is 6.95. The highest BCUT2D eigenvalue weighted by molar-refractivity contribution is 7.22. The molecule has 30 heavy (non-hydrogen) atoms. The fourth-order valence-corrected chi connectivity index (χ4v) is 5.03. The van der Waals surface area contributed by atoms with Gasteiger partial charge in [0, 0.05) is 44.3 Å². The molecule has 2 aliphatic rings. The Labute approximate surface area is 178 Å². The molecular formula is C21H24N6O2S. The van der Waals surface area contributed by atoms with Gasteiger partial charge in [0.25, 0.3) is 0 Å². The van der Waals surface area contributed by atoms with Crippen molar-refractivity contribution >= 4 is 44.1 Å². The number of rotatable bonds is 4. The van der Waals surface area contributed by atoms with E-state index in [4.69, 9.17) is 9.72 Å². The second-order valence-corrected chi connectivity index (χ2v) is 8.63. The Morgan fingerprint density at radius 1 is 1.17 bits per heavy atom. The van der Waals surface area contributed by atoms with Gasteiger partial charge in [-0.1, -0.05) is 11.3 Å². The molecule has 0 saturated carbocycles. The molecule has 0 aliphatic carbocycles. The predicted molar refractivity (Wildman–Crippen MR) is 118 cm³/mol. The van der Waals surface area contributed by atoms with Gasteiger partial charge >= 0.3 is 0 Å². The molecule has 2 aromatic heterocycles. The van der Waals surface area contributed by atoms with Crippen LogP contribution in [0.1, 0.15) is 12.8 Å². The molecule has 1 N–H and O–H groups in total. The summed E-state index contributed by atoms with van der Waals surface area (Å²) in [6.45, 7) is 4.78. The maximum Gasteiger partial charge on any atom is 0.229 e. The lowest BCUT2D eigenvalue weighted by molar-refractivity contribution is -0.120. The van der Waals surface area contributed by atoms with Crippen molar-refractivity contribution in [3.05, 3.63) is 36.8 Å². The molecule has 2 saturated heterocycles. The highest BCUT2D eigenvalue weighted by Crippen LogP contribution is 2.31. The van der Waals surface area contributed by atoms with E-state index in [0.717, 1.165) is 72.5 Å². The number of hydrogen-bond acceptors (Lipinski definition) is 8. The number of anilines is 3. The van der Waals surface area contributed by atoms with E-state index in [9.17, 15) is 4.79 Å². The Balaban J connectivity index is 1.27. The number of carbonyl (C=O) groups is 1. The van der Waals surface area contributed by atoms with E-state index in [1.165, 1.54) is 0 Å². The van der Waals surface area contributed by atoms with E-state index >= 15 is 0 Å². The minimum Gasteiger partial charge on any atom is -0.378 e. The zero-order chi connectivity index (χ0) is 20.3. The van der Waals surface area contributed by atoms with E-state index in [1.807, 2.05) is 18.2 Å². The van der Waals surface area contributed by atoms with Crippen molar-refractivity contribution < 1.29 is 9.53 Å². The average Bonchev–Trinajstić information content (AvgIpc) is 3.24. The Kier molecular flexibility index (Phi) is 5.46. The lowest BCUT2D eigenvalue weighted by atomic mass is 9.97. The molecule has 1 amide bonds. The number of ether oxygens (including phenoxy) is 1. The largest absolute Gasteiger partial charge is 0.378 e. The zero-order valence-corrected chi connectivity index (χ0v) is 17.5. The van der Waals surface area contributed by atoms with Crippen LogP contribution in [-0.4, -0.2) is 60.3 Å². The number of amides is 1. The topological polar surface area (TPSA) is 83.5 Å². The monoisotopic (exact) mass is 424 g/mol. The van der Waals surface area contributed by atoms with Gasteiger partial charge < -0.3 is 19.9 Å². The van der Waals surface area contributed by atoms with Crippen molar-refractivity contribution in [3.8, 4) is 0 Å². The quantitative estimate of drug-likeness (QED) is 0.689. The van der Waals surface area contributed by atoms with E-state index in [0.29, 0.717) is 6.54 Å². The van der Waals surface area contributed by atoms with Gasteiger partial charge in [-0.2, -0.15) is 0 Å². The van der Waals surface area contributed by atoms with Crippen LogP contribution >= 0.6 is 11.3 Å². The van der Waals surface area contributed by atoms with Crippen molar-refractivity contribution in [3.63, 3.8) is 0 Å². The summed E-state index contributed by atoms with van der Waals surface area (Å²) in [6, 6.07) is 5.95. The van der Waals surface area contributed by atoms with Crippen LogP contribution < -0.4 is 15.1 Å². The molecule has 8 nitrogen and oxygen atoms in total. The van der Waals surface area contributed by atoms with Gasteiger partial charge in [0.05, 0.1) is 35.5 Å². The molecule has 0 radical (unpaired) electrons. The lowest BCUT2D eigenvalue weighted by Gasteiger charge is -2.32. The smallest absolute Gasteiger partial charge is 0.229 e. The van der Waals surface area contributed by atoms with Gasteiger partial charge in [-0.05, 0) is 31.0 Å². The maximum absolute atomic E-state index is 12.9. The summed E-state index contributed by atoms with van der Waals surface area (Å²) in [7, 11) is 0. The number of piperidine rings is 1. The molecule has 0 bridgehead atoms. The summed E-state index contributed by atoms with van der Waals surface area (Å²) >= 11 is 1.66.